The average molecular weight is 274 g/mol. The average Bonchev–Trinajstić information content (AvgIpc) is 2.50. The van der Waals surface area contributed by atoms with Gasteiger partial charge in [-0.3, -0.25) is 4.79 Å². The molecule has 1 aliphatic rings. The van der Waals surface area contributed by atoms with Crippen LogP contribution in [0.3, 0.4) is 0 Å². The van der Waals surface area contributed by atoms with Crippen LogP contribution in [0, 0.1) is 5.92 Å². The van der Waals surface area contributed by atoms with Crippen LogP contribution in [0.2, 0.25) is 0 Å². The first-order valence-electron chi connectivity index (χ1n) is 7.35. The van der Waals surface area contributed by atoms with Gasteiger partial charge in [0.05, 0.1) is 12.8 Å². The summed E-state index contributed by atoms with van der Waals surface area (Å²) in [7, 11) is 0. The van der Waals surface area contributed by atoms with Crippen LogP contribution in [0.4, 0.5) is 0 Å². The second kappa shape index (κ2) is 7.68. The fourth-order valence-corrected chi connectivity index (χ4v) is 2.44. The summed E-state index contributed by atoms with van der Waals surface area (Å²) in [6, 6.07) is 7.63. The Bertz CT molecular complexity index is 448. The highest BCUT2D eigenvalue weighted by molar-refractivity contribution is 5.83. The lowest BCUT2D eigenvalue weighted by Gasteiger charge is -2.19. The fourth-order valence-electron chi connectivity index (χ4n) is 2.44. The van der Waals surface area contributed by atoms with Gasteiger partial charge >= 0.3 is 0 Å². The molecule has 0 atom stereocenters. The minimum Gasteiger partial charge on any atom is -0.494 e. The van der Waals surface area contributed by atoms with E-state index in [1.54, 1.807) is 6.21 Å². The third kappa shape index (κ3) is 4.37. The van der Waals surface area contributed by atoms with Gasteiger partial charge in [0.25, 0.3) is 0 Å². The molecule has 0 bridgehead atoms. The Morgan fingerprint density at radius 1 is 1.30 bits per heavy atom. The Kier molecular flexibility index (Phi) is 5.59. The molecule has 20 heavy (non-hydrogen) atoms. The van der Waals surface area contributed by atoms with Crippen LogP contribution in [0.5, 0.6) is 5.75 Å². The number of hydrazone groups is 1. The molecule has 1 N–H and O–H groups in total. The van der Waals surface area contributed by atoms with E-state index >= 15 is 0 Å². The molecule has 4 heteroatoms. The van der Waals surface area contributed by atoms with E-state index in [9.17, 15) is 4.79 Å². The summed E-state index contributed by atoms with van der Waals surface area (Å²) in [6.07, 6.45) is 7.20. The number of nitrogens with one attached hydrogen (secondary N) is 1. The molecular formula is C16H22N2O2. The van der Waals surface area contributed by atoms with Crippen LogP contribution in [0.25, 0.3) is 0 Å². The van der Waals surface area contributed by atoms with Gasteiger partial charge < -0.3 is 4.74 Å². The van der Waals surface area contributed by atoms with Crippen molar-refractivity contribution < 1.29 is 9.53 Å². The Morgan fingerprint density at radius 3 is 2.65 bits per heavy atom. The van der Waals surface area contributed by atoms with Crippen molar-refractivity contribution >= 4 is 12.1 Å². The van der Waals surface area contributed by atoms with Crippen LogP contribution in [-0.4, -0.2) is 18.7 Å². The van der Waals surface area contributed by atoms with Crippen molar-refractivity contribution in [3.05, 3.63) is 29.8 Å². The molecular weight excluding hydrogens is 252 g/mol. The minimum atomic E-state index is 0.0480. The van der Waals surface area contributed by atoms with Gasteiger partial charge in [0, 0.05) is 5.92 Å². The first kappa shape index (κ1) is 14.6. The van der Waals surface area contributed by atoms with Crippen molar-refractivity contribution in [3.8, 4) is 5.75 Å². The first-order valence-corrected chi connectivity index (χ1v) is 7.35. The quantitative estimate of drug-likeness (QED) is 0.662. The molecule has 1 fully saturated rings. The van der Waals surface area contributed by atoms with Crippen molar-refractivity contribution in [2.75, 3.05) is 6.61 Å². The van der Waals surface area contributed by atoms with E-state index in [2.05, 4.69) is 10.5 Å². The zero-order valence-corrected chi connectivity index (χ0v) is 12.0. The predicted octanol–water partition coefficient (Wildman–Crippen LogP) is 3.12. The summed E-state index contributed by atoms with van der Waals surface area (Å²) in [6.45, 7) is 2.61. The largest absolute Gasteiger partial charge is 0.494 e. The number of amides is 1. The number of nitrogens with zero attached hydrogens (tertiary/aromatic N) is 1. The zero-order chi connectivity index (χ0) is 14.2. The zero-order valence-electron chi connectivity index (χ0n) is 12.0. The Labute approximate surface area is 120 Å². The SMILES string of the molecule is CCOc1ccc(C=NNC(=O)C2CCCCC2)cc1. The third-order valence-electron chi connectivity index (χ3n) is 3.56. The van der Waals surface area contributed by atoms with Crippen molar-refractivity contribution in [1.82, 2.24) is 5.43 Å². The van der Waals surface area contributed by atoms with Crippen LogP contribution in [-0.2, 0) is 4.79 Å². The summed E-state index contributed by atoms with van der Waals surface area (Å²) in [5.41, 5.74) is 3.58. The molecule has 0 radical (unpaired) electrons. The third-order valence-corrected chi connectivity index (χ3v) is 3.56. The first-order chi connectivity index (χ1) is 9.79. The number of carbonyl (C=O) groups is 1. The minimum absolute atomic E-state index is 0.0480. The van der Waals surface area contributed by atoms with Gasteiger partial charge in [0.2, 0.25) is 5.91 Å². The van der Waals surface area contributed by atoms with Gasteiger partial charge in [-0.25, -0.2) is 5.43 Å². The summed E-state index contributed by atoms with van der Waals surface area (Å²) in [5.74, 6) is 1.03. The van der Waals surface area contributed by atoms with Crippen LogP contribution in [0.1, 0.15) is 44.6 Å². The maximum Gasteiger partial charge on any atom is 0.243 e. The summed E-state index contributed by atoms with van der Waals surface area (Å²) in [4.78, 5) is 11.9. The fraction of sp³-hybridized carbons (Fsp3) is 0.500. The van der Waals surface area contributed by atoms with Gasteiger partial charge in [0.15, 0.2) is 0 Å². The van der Waals surface area contributed by atoms with Crippen molar-refractivity contribution in [1.29, 1.82) is 0 Å². The van der Waals surface area contributed by atoms with Gasteiger partial charge in [-0.05, 0) is 49.6 Å². The standard InChI is InChI=1S/C16H22N2O2/c1-2-20-15-10-8-13(9-11-15)12-17-18-16(19)14-6-4-3-5-7-14/h8-12,14H,2-7H2,1H3,(H,18,19). The molecule has 0 saturated heterocycles. The lowest BCUT2D eigenvalue weighted by molar-refractivity contribution is -0.125. The highest BCUT2D eigenvalue weighted by Gasteiger charge is 2.20. The van der Waals surface area contributed by atoms with Crippen LogP contribution in [0.15, 0.2) is 29.4 Å². The molecule has 1 saturated carbocycles. The van der Waals surface area contributed by atoms with Gasteiger partial charge in [-0.2, -0.15) is 5.10 Å². The lowest BCUT2D eigenvalue weighted by atomic mass is 9.89. The van der Waals surface area contributed by atoms with Crippen molar-refractivity contribution in [2.45, 2.75) is 39.0 Å². The summed E-state index contributed by atoms with van der Waals surface area (Å²) < 4.78 is 5.37. The Morgan fingerprint density at radius 2 is 2.00 bits per heavy atom. The van der Waals surface area contributed by atoms with Crippen LogP contribution < -0.4 is 10.2 Å². The van der Waals surface area contributed by atoms with Crippen molar-refractivity contribution in [2.24, 2.45) is 11.0 Å². The molecule has 0 heterocycles. The number of ether oxygens (including phenoxy) is 1. The van der Waals surface area contributed by atoms with E-state index in [1.807, 2.05) is 31.2 Å². The molecule has 1 amide bonds. The number of benzene rings is 1. The molecule has 0 spiro atoms. The normalized spacial score (nSPS) is 16.2. The molecule has 108 valence electrons. The number of hydrogen-bond donors (Lipinski definition) is 1. The number of hydrogen-bond acceptors (Lipinski definition) is 3. The highest BCUT2D eigenvalue weighted by Crippen LogP contribution is 2.23. The lowest BCUT2D eigenvalue weighted by Crippen LogP contribution is -2.28. The molecule has 1 aromatic carbocycles. The summed E-state index contributed by atoms with van der Waals surface area (Å²) in [5, 5.41) is 4.03. The van der Waals surface area contributed by atoms with E-state index < -0.39 is 0 Å². The maximum atomic E-state index is 11.9. The summed E-state index contributed by atoms with van der Waals surface area (Å²) >= 11 is 0. The van der Waals surface area contributed by atoms with Crippen molar-refractivity contribution in [3.63, 3.8) is 0 Å². The van der Waals surface area contributed by atoms with E-state index in [4.69, 9.17) is 4.74 Å². The molecule has 0 unspecified atom stereocenters. The van der Waals surface area contributed by atoms with Crippen LogP contribution >= 0.6 is 0 Å². The molecule has 4 nitrogen and oxygen atoms in total. The molecule has 1 aromatic rings. The second-order valence-corrected chi connectivity index (χ2v) is 5.07. The Hall–Kier alpha value is -1.84. The van der Waals surface area contributed by atoms with Gasteiger partial charge in [-0.15, -0.1) is 0 Å². The van der Waals surface area contributed by atoms with E-state index in [1.165, 1.54) is 6.42 Å². The highest BCUT2D eigenvalue weighted by atomic mass is 16.5. The number of carbonyl (C=O) groups excluding carboxylic acids is 1. The number of rotatable bonds is 5. The molecule has 0 aliphatic heterocycles. The van der Waals surface area contributed by atoms with Gasteiger partial charge in [-0.1, -0.05) is 19.3 Å². The molecule has 2 rings (SSSR count). The molecule has 0 aromatic heterocycles. The Balaban J connectivity index is 1.81. The monoisotopic (exact) mass is 274 g/mol. The topological polar surface area (TPSA) is 50.7 Å². The van der Waals surface area contributed by atoms with E-state index in [-0.39, 0.29) is 11.8 Å². The van der Waals surface area contributed by atoms with E-state index in [0.717, 1.165) is 37.0 Å². The molecule has 1 aliphatic carbocycles. The predicted molar refractivity (Wildman–Crippen MR) is 79.9 cm³/mol. The smallest absolute Gasteiger partial charge is 0.243 e. The second-order valence-electron chi connectivity index (χ2n) is 5.07. The van der Waals surface area contributed by atoms with Gasteiger partial charge in [0.1, 0.15) is 5.75 Å². The van der Waals surface area contributed by atoms with E-state index in [0.29, 0.717) is 6.61 Å². The maximum absolute atomic E-state index is 11.9.